The van der Waals surface area contributed by atoms with Gasteiger partial charge in [-0.05, 0) is 0 Å². The van der Waals surface area contributed by atoms with Gasteiger partial charge in [-0.25, -0.2) is 0 Å². The Morgan fingerprint density at radius 2 is 1.75 bits per heavy atom. The molecular weight excluding hydrogens is 328 g/mol. The summed E-state index contributed by atoms with van der Waals surface area (Å²) in [7, 11) is 15.5. The zero-order valence-electron chi connectivity index (χ0n) is 5.10. The molecule has 0 bridgehead atoms. The van der Waals surface area contributed by atoms with Crippen LogP contribution in [0.15, 0.2) is 0 Å². The third kappa shape index (κ3) is 2.59. The van der Waals surface area contributed by atoms with E-state index in [1.165, 1.54) is 0 Å². The Morgan fingerprint density at radius 1 is 1.38 bits per heavy atom. The van der Waals surface area contributed by atoms with E-state index in [9.17, 15) is 0 Å². The second-order valence-electron chi connectivity index (χ2n) is 1.28. The predicted molar refractivity (Wildman–Crippen MR) is 37.1 cm³/mol. The van der Waals surface area contributed by atoms with Crippen molar-refractivity contribution in [2.45, 2.75) is 6.92 Å². The molecule has 0 unspecified atom stereocenters. The van der Waals surface area contributed by atoms with E-state index < -0.39 is 13.8 Å². The second-order valence-corrected chi connectivity index (χ2v) is 14.3. The standard InChI is InChI=1S/C2H6N.C2H4.2ClH.Pt/c1-3-2;1-2;;;/h1-2H3;1H,2H3;2*1H;/q-1;;;;+3/p-2. The summed E-state index contributed by atoms with van der Waals surface area (Å²) < 4.78 is 3.80. The number of halogens is 2. The molecule has 0 saturated heterocycles. The first kappa shape index (κ1) is 9.10. The summed E-state index contributed by atoms with van der Waals surface area (Å²) in [5.74, 6) is 0. The first-order valence-corrected chi connectivity index (χ1v) is 9.99. The molecular formula is C4H10Cl2NPt. The molecule has 0 aromatic heterocycles. The van der Waals surface area contributed by atoms with Gasteiger partial charge >= 0.3 is 61.5 Å². The number of nitrogens with zero attached hydrogens (tertiary/aromatic N) is 1. The van der Waals surface area contributed by atoms with Gasteiger partial charge < -0.3 is 0 Å². The van der Waals surface area contributed by atoms with Crippen LogP contribution in [0.2, 0.25) is 0 Å². The first-order valence-electron chi connectivity index (χ1n) is 2.03. The van der Waals surface area contributed by atoms with E-state index >= 15 is 0 Å². The van der Waals surface area contributed by atoms with Crippen molar-refractivity contribution in [2.24, 2.45) is 0 Å². The van der Waals surface area contributed by atoms with E-state index in [0.717, 1.165) is 0 Å². The van der Waals surface area contributed by atoms with Crippen molar-refractivity contribution >= 4 is 23.2 Å². The summed E-state index contributed by atoms with van der Waals surface area (Å²) in [6.45, 7) is 1.90. The fraction of sp³-hybridized carbons (Fsp3) is 0.750. The molecule has 0 atom stereocenters. The number of hydrogen-bond donors (Lipinski definition) is 0. The van der Waals surface area contributed by atoms with Crippen LogP contribution >= 0.6 is 18.8 Å². The van der Waals surface area contributed by atoms with E-state index in [1.54, 1.807) is 0 Å². The fourth-order valence-electron chi connectivity index (χ4n) is 0.163. The van der Waals surface area contributed by atoms with Crippen LogP contribution in [0.25, 0.3) is 0 Å². The maximum atomic E-state index is 5.87. The molecule has 55 valence electrons. The molecule has 0 heterocycles. The summed E-state index contributed by atoms with van der Waals surface area (Å²) in [6.07, 6.45) is 0. The number of rotatable bonds is 1. The van der Waals surface area contributed by atoms with E-state index in [1.807, 2.05) is 28.9 Å². The molecule has 0 radical (unpaired) electrons. The van der Waals surface area contributed by atoms with E-state index in [0.29, 0.717) is 0 Å². The topological polar surface area (TPSA) is 3.24 Å². The van der Waals surface area contributed by atoms with Gasteiger partial charge in [-0.15, -0.1) is 0 Å². The van der Waals surface area contributed by atoms with E-state index in [2.05, 4.69) is 0 Å². The normalized spacial score (nSPS) is 14.2. The molecule has 4 heteroatoms. The maximum absolute atomic E-state index is 5.87. The second kappa shape index (κ2) is 3.31. The van der Waals surface area contributed by atoms with Gasteiger partial charge in [0.15, 0.2) is 0 Å². The molecule has 8 heavy (non-hydrogen) atoms. The summed E-state index contributed by atoms with van der Waals surface area (Å²) in [6, 6.07) is 0. The van der Waals surface area contributed by atoms with Crippen molar-refractivity contribution in [3.63, 3.8) is 0 Å². The van der Waals surface area contributed by atoms with Gasteiger partial charge in [-0.3, -0.25) is 0 Å². The average Bonchev–Trinajstić information content (AvgIpc) is 1.67. The Hall–Kier alpha value is 1.10. The first-order chi connectivity index (χ1) is 3.50. The van der Waals surface area contributed by atoms with Crippen molar-refractivity contribution in [3.05, 3.63) is 0 Å². The molecule has 0 amide bonds. The van der Waals surface area contributed by atoms with E-state index in [4.69, 9.17) is 18.8 Å². The van der Waals surface area contributed by atoms with Gasteiger partial charge in [0.05, 0.1) is 0 Å². The van der Waals surface area contributed by atoms with Gasteiger partial charge in [0.25, 0.3) is 0 Å². The Bertz CT molecular complexity index is 115. The fourth-order valence-corrected chi connectivity index (χ4v) is 1.34. The SMILES string of the molecule is C[CH]=[Pt]([Cl])([Cl])[N](C)C. The summed E-state index contributed by atoms with van der Waals surface area (Å²) >= 11 is -2.49. The van der Waals surface area contributed by atoms with Crippen LogP contribution in [0.1, 0.15) is 6.92 Å². The third-order valence-electron chi connectivity index (χ3n) is 0.597. The van der Waals surface area contributed by atoms with Crippen LogP contribution in [-0.2, 0) is 13.8 Å². The van der Waals surface area contributed by atoms with Crippen LogP contribution in [0.4, 0.5) is 0 Å². The molecule has 1 nitrogen and oxygen atoms in total. The summed E-state index contributed by atoms with van der Waals surface area (Å²) in [5, 5.41) is 0. The molecule has 0 spiro atoms. The van der Waals surface area contributed by atoms with Crippen LogP contribution in [-0.4, -0.2) is 22.0 Å². The van der Waals surface area contributed by atoms with Crippen LogP contribution in [0.3, 0.4) is 0 Å². The molecule has 0 fully saturated rings. The Morgan fingerprint density at radius 3 is 1.75 bits per heavy atom. The monoisotopic (exact) mass is 337 g/mol. The van der Waals surface area contributed by atoms with Gasteiger partial charge in [-0.1, -0.05) is 0 Å². The third-order valence-corrected chi connectivity index (χ3v) is 10.6. The molecule has 0 saturated carbocycles. The molecule has 0 aromatic rings. The van der Waals surface area contributed by atoms with Crippen molar-refractivity contribution in [2.75, 3.05) is 14.1 Å². The van der Waals surface area contributed by atoms with Gasteiger partial charge in [0.1, 0.15) is 0 Å². The quantitative estimate of drug-likeness (QED) is 0.704. The van der Waals surface area contributed by atoms with Crippen molar-refractivity contribution in [1.82, 2.24) is 3.46 Å². The van der Waals surface area contributed by atoms with Gasteiger partial charge in [0, 0.05) is 0 Å². The summed E-state index contributed by atoms with van der Waals surface area (Å²) in [4.78, 5) is 0. The van der Waals surface area contributed by atoms with Crippen LogP contribution in [0, 0.1) is 0 Å². The summed E-state index contributed by atoms with van der Waals surface area (Å²) in [5.41, 5.74) is 0. The number of hydrogen-bond acceptors (Lipinski definition) is 1. The van der Waals surface area contributed by atoms with Crippen LogP contribution in [0.5, 0.6) is 0 Å². The molecule has 0 aliphatic heterocycles. The zero-order chi connectivity index (χ0) is 6.78. The van der Waals surface area contributed by atoms with Crippen molar-refractivity contribution < 1.29 is 13.8 Å². The Balaban J connectivity index is 4.15. The molecule has 0 aliphatic carbocycles. The molecule has 0 aliphatic rings. The minimum absolute atomic E-state index is 1.90. The van der Waals surface area contributed by atoms with Crippen LogP contribution < -0.4 is 0 Å². The average molecular weight is 338 g/mol. The van der Waals surface area contributed by atoms with Crippen molar-refractivity contribution in [1.29, 1.82) is 0 Å². The Kier molecular flexibility index (Phi) is 3.77. The Labute approximate surface area is 61.4 Å². The minimum atomic E-state index is -2.49. The molecule has 0 aromatic carbocycles. The zero-order valence-corrected chi connectivity index (χ0v) is 8.88. The molecule has 0 N–H and O–H groups in total. The van der Waals surface area contributed by atoms with Gasteiger partial charge in [0.2, 0.25) is 0 Å². The molecule has 0 rings (SSSR count). The predicted octanol–water partition coefficient (Wildman–Crippen LogP) is 1.75. The van der Waals surface area contributed by atoms with Gasteiger partial charge in [-0.2, -0.15) is 0 Å². The van der Waals surface area contributed by atoms with Crippen molar-refractivity contribution in [3.8, 4) is 0 Å². The van der Waals surface area contributed by atoms with E-state index in [-0.39, 0.29) is 0 Å².